The minimum absolute atomic E-state index is 0. The summed E-state index contributed by atoms with van der Waals surface area (Å²) in [4.78, 5) is 9.97. The van der Waals surface area contributed by atoms with Gasteiger partial charge in [-0.25, -0.2) is 0 Å². The second-order valence-corrected chi connectivity index (χ2v) is 4.99. The first-order valence-electron chi connectivity index (χ1n) is 7.61. The molecule has 0 aliphatic heterocycles. The molecule has 0 rings (SSSR count). The molecular weight excluding hydrogens is 251 g/mol. The van der Waals surface area contributed by atoms with Gasteiger partial charge in [0.15, 0.2) is 0 Å². The summed E-state index contributed by atoms with van der Waals surface area (Å²) >= 11 is 0. The van der Waals surface area contributed by atoms with Gasteiger partial charge in [-0.05, 0) is 6.42 Å². The second kappa shape index (κ2) is 18.3. The van der Waals surface area contributed by atoms with Crippen molar-refractivity contribution >= 4 is 6.16 Å². The average molecular weight is 280 g/mol. The number of hydrogen-bond donors (Lipinski definition) is 0. The van der Waals surface area contributed by atoms with Crippen LogP contribution in [0.25, 0.3) is 0 Å². The van der Waals surface area contributed by atoms with E-state index in [1.54, 1.807) is 0 Å². The Bertz CT molecular complexity index is 186. The maximum Gasteiger partial charge on any atom is 1.00 e. The van der Waals surface area contributed by atoms with Crippen molar-refractivity contribution in [3.63, 3.8) is 0 Å². The number of unbranched alkanes of at least 4 members (excludes halogenated alkanes) is 11. The molecule has 108 valence electrons. The van der Waals surface area contributed by atoms with Gasteiger partial charge in [-0.3, -0.25) is 0 Å². The summed E-state index contributed by atoms with van der Waals surface area (Å²) in [5, 5.41) is 9.97. The van der Waals surface area contributed by atoms with Crippen molar-refractivity contribution in [2.24, 2.45) is 0 Å². The number of hydrogen-bond acceptors (Lipinski definition) is 3. The molecular formula is C15H29NaO3. The van der Waals surface area contributed by atoms with Crippen LogP contribution in [0.15, 0.2) is 0 Å². The van der Waals surface area contributed by atoms with Gasteiger partial charge in [0, 0.05) is 6.61 Å². The number of ether oxygens (including phenoxy) is 1. The SMILES string of the molecule is CCCCCCCCCCCCCCOC(=O)[O-].[Na+]. The number of carbonyl (C=O) groups excluding carboxylic acids is 1. The maximum absolute atomic E-state index is 9.97. The van der Waals surface area contributed by atoms with Crippen LogP contribution in [-0.4, -0.2) is 12.8 Å². The molecule has 0 aliphatic rings. The molecule has 0 bridgehead atoms. The molecule has 0 radical (unpaired) electrons. The van der Waals surface area contributed by atoms with Crippen LogP contribution in [0.4, 0.5) is 4.79 Å². The van der Waals surface area contributed by atoms with Gasteiger partial charge in [-0.1, -0.05) is 77.6 Å². The summed E-state index contributed by atoms with van der Waals surface area (Å²) in [6, 6.07) is 0. The summed E-state index contributed by atoms with van der Waals surface area (Å²) in [5.74, 6) is 0. The summed E-state index contributed by atoms with van der Waals surface area (Å²) in [6.45, 7) is 2.54. The van der Waals surface area contributed by atoms with Crippen LogP contribution in [0.1, 0.15) is 84.0 Å². The van der Waals surface area contributed by atoms with E-state index in [1.807, 2.05) is 0 Å². The van der Waals surface area contributed by atoms with Crippen LogP contribution in [-0.2, 0) is 4.74 Å². The van der Waals surface area contributed by atoms with Gasteiger partial charge in [-0.15, -0.1) is 0 Å². The molecule has 0 unspecified atom stereocenters. The molecule has 0 spiro atoms. The Labute approximate surface area is 140 Å². The van der Waals surface area contributed by atoms with E-state index in [9.17, 15) is 9.90 Å². The van der Waals surface area contributed by atoms with E-state index in [0.29, 0.717) is 6.61 Å². The van der Waals surface area contributed by atoms with Crippen LogP contribution in [0.5, 0.6) is 0 Å². The minimum Gasteiger partial charge on any atom is -0.550 e. The van der Waals surface area contributed by atoms with E-state index in [0.717, 1.165) is 12.8 Å². The van der Waals surface area contributed by atoms with Crippen LogP contribution >= 0.6 is 0 Å². The van der Waals surface area contributed by atoms with Gasteiger partial charge >= 0.3 is 29.6 Å². The van der Waals surface area contributed by atoms with Gasteiger partial charge in [-0.2, -0.15) is 0 Å². The molecule has 0 atom stereocenters. The summed E-state index contributed by atoms with van der Waals surface area (Å²) in [6.07, 6.45) is 13.9. The van der Waals surface area contributed by atoms with Crippen molar-refractivity contribution in [3.05, 3.63) is 0 Å². The Kier molecular flexibility index (Phi) is 20.7. The molecule has 0 aliphatic carbocycles. The van der Waals surface area contributed by atoms with Crippen molar-refractivity contribution < 1.29 is 44.2 Å². The topological polar surface area (TPSA) is 49.4 Å². The van der Waals surface area contributed by atoms with Crippen LogP contribution in [0.2, 0.25) is 0 Å². The quantitative estimate of drug-likeness (QED) is 0.288. The van der Waals surface area contributed by atoms with Gasteiger partial charge in [0.1, 0.15) is 0 Å². The Morgan fingerprint density at radius 1 is 0.789 bits per heavy atom. The normalized spacial score (nSPS) is 9.95. The Hall–Kier alpha value is 0.270. The standard InChI is InChI=1S/C15H30O3.Na/c1-2-3-4-5-6-7-8-9-10-11-12-13-14-18-15(16)17;/h2-14H2,1H3,(H,16,17);/q;+1/p-1. The molecule has 0 fully saturated rings. The van der Waals surface area contributed by atoms with E-state index < -0.39 is 6.16 Å². The Morgan fingerprint density at radius 3 is 1.53 bits per heavy atom. The fourth-order valence-electron chi connectivity index (χ4n) is 2.10. The van der Waals surface area contributed by atoms with E-state index >= 15 is 0 Å². The monoisotopic (exact) mass is 280 g/mol. The molecule has 0 N–H and O–H groups in total. The smallest absolute Gasteiger partial charge is 0.550 e. The first kappa shape index (κ1) is 21.6. The molecule has 0 saturated carbocycles. The average Bonchev–Trinajstić information content (AvgIpc) is 2.34. The van der Waals surface area contributed by atoms with E-state index in [4.69, 9.17) is 0 Å². The Morgan fingerprint density at radius 2 is 1.16 bits per heavy atom. The second-order valence-electron chi connectivity index (χ2n) is 4.99. The van der Waals surface area contributed by atoms with Crippen LogP contribution < -0.4 is 34.7 Å². The van der Waals surface area contributed by atoms with Gasteiger partial charge < -0.3 is 14.6 Å². The van der Waals surface area contributed by atoms with E-state index in [2.05, 4.69) is 11.7 Å². The van der Waals surface area contributed by atoms with E-state index in [-0.39, 0.29) is 29.6 Å². The third-order valence-corrected chi connectivity index (χ3v) is 3.22. The zero-order valence-electron chi connectivity index (χ0n) is 12.9. The van der Waals surface area contributed by atoms with Crippen molar-refractivity contribution in [2.45, 2.75) is 84.0 Å². The predicted molar refractivity (Wildman–Crippen MR) is 72.4 cm³/mol. The fraction of sp³-hybridized carbons (Fsp3) is 0.933. The molecule has 19 heavy (non-hydrogen) atoms. The summed E-state index contributed by atoms with van der Waals surface area (Å²) in [5.41, 5.74) is 0. The third kappa shape index (κ3) is 20.7. The van der Waals surface area contributed by atoms with Crippen LogP contribution in [0, 0.1) is 0 Å². The molecule has 0 amide bonds. The fourth-order valence-corrected chi connectivity index (χ4v) is 2.10. The molecule has 4 heteroatoms. The van der Waals surface area contributed by atoms with Gasteiger partial charge in [0.05, 0.1) is 0 Å². The van der Waals surface area contributed by atoms with E-state index in [1.165, 1.54) is 64.2 Å². The number of carbonyl (C=O) groups is 1. The zero-order valence-corrected chi connectivity index (χ0v) is 14.9. The Balaban J connectivity index is 0. The van der Waals surface area contributed by atoms with Crippen molar-refractivity contribution in [1.29, 1.82) is 0 Å². The molecule has 3 nitrogen and oxygen atoms in total. The molecule has 0 aromatic heterocycles. The molecule has 0 saturated heterocycles. The van der Waals surface area contributed by atoms with Gasteiger partial charge in [0.25, 0.3) is 6.16 Å². The largest absolute Gasteiger partial charge is 1.00 e. The first-order chi connectivity index (χ1) is 8.77. The molecule has 0 aromatic carbocycles. The predicted octanol–water partition coefficient (Wildman–Crippen LogP) is 1.05. The summed E-state index contributed by atoms with van der Waals surface area (Å²) in [7, 11) is 0. The van der Waals surface area contributed by atoms with Crippen molar-refractivity contribution in [2.75, 3.05) is 6.61 Å². The number of carboxylic acid groups (broad SMARTS) is 1. The molecule has 0 heterocycles. The number of rotatable bonds is 13. The van der Waals surface area contributed by atoms with Crippen LogP contribution in [0.3, 0.4) is 0 Å². The zero-order chi connectivity index (χ0) is 13.5. The molecule has 0 aromatic rings. The maximum atomic E-state index is 9.97. The first-order valence-corrected chi connectivity index (χ1v) is 7.61. The summed E-state index contributed by atoms with van der Waals surface area (Å²) < 4.78 is 4.34. The van der Waals surface area contributed by atoms with Gasteiger partial charge in [0.2, 0.25) is 0 Å². The minimum atomic E-state index is -1.40. The van der Waals surface area contributed by atoms with Crippen molar-refractivity contribution in [3.8, 4) is 0 Å². The third-order valence-electron chi connectivity index (χ3n) is 3.22. The van der Waals surface area contributed by atoms with Crippen molar-refractivity contribution in [1.82, 2.24) is 0 Å².